The number of pyridine rings is 1. The van der Waals surface area contributed by atoms with Gasteiger partial charge in [-0.15, -0.1) is 11.8 Å². The second-order valence-electron chi connectivity index (χ2n) is 5.98. The van der Waals surface area contributed by atoms with Crippen LogP contribution in [0.4, 0.5) is 0 Å². The van der Waals surface area contributed by atoms with Crippen molar-refractivity contribution >= 4 is 17.7 Å². The Hall–Kier alpha value is -1.82. The summed E-state index contributed by atoms with van der Waals surface area (Å²) in [6.45, 7) is 0.519. The third-order valence-corrected chi connectivity index (χ3v) is 5.45. The number of nitrogens with one attached hydrogen (secondary N) is 1. The molecule has 2 aromatic rings. The number of thioether (sulfide) groups is 1. The summed E-state index contributed by atoms with van der Waals surface area (Å²) in [5.41, 5.74) is 3.06. The van der Waals surface area contributed by atoms with Crippen molar-refractivity contribution in [3.05, 3.63) is 36.4 Å². The molecule has 1 fully saturated rings. The monoisotopic (exact) mass is 330 g/mol. The van der Waals surface area contributed by atoms with Gasteiger partial charge in [0.25, 0.3) is 0 Å². The van der Waals surface area contributed by atoms with Gasteiger partial charge in [0.1, 0.15) is 0 Å². The van der Waals surface area contributed by atoms with Crippen molar-refractivity contribution in [2.24, 2.45) is 7.05 Å². The normalized spacial score (nSPS) is 15.0. The van der Waals surface area contributed by atoms with Crippen molar-refractivity contribution in [3.8, 4) is 11.1 Å². The van der Waals surface area contributed by atoms with E-state index >= 15 is 0 Å². The van der Waals surface area contributed by atoms with Gasteiger partial charge in [0.15, 0.2) is 0 Å². The lowest BCUT2D eigenvalue weighted by Crippen LogP contribution is -2.25. The fourth-order valence-corrected chi connectivity index (χ4v) is 3.97. The van der Waals surface area contributed by atoms with E-state index in [9.17, 15) is 4.79 Å². The first-order valence-corrected chi connectivity index (χ1v) is 9.07. The summed E-state index contributed by atoms with van der Waals surface area (Å²) in [4.78, 5) is 16.2. The Bertz CT molecular complexity index is 664. The quantitative estimate of drug-likeness (QED) is 0.885. The topological polar surface area (TPSA) is 59.8 Å². The Morgan fingerprint density at radius 2 is 2.13 bits per heavy atom. The zero-order chi connectivity index (χ0) is 16.1. The Morgan fingerprint density at radius 1 is 1.30 bits per heavy atom. The molecule has 1 N–H and O–H groups in total. The first-order valence-electron chi connectivity index (χ1n) is 8.02. The standard InChI is InChI=1S/C17H22N4OS/c1-21-11-15(10-20-21)14-6-13(7-18-9-14)8-19-17(22)12-23-16-4-2-3-5-16/h6-7,9-11,16H,2-5,8,12H2,1H3,(H,19,22). The summed E-state index contributed by atoms with van der Waals surface area (Å²) in [5.74, 6) is 0.661. The molecule has 3 rings (SSSR count). The van der Waals surface area contributed by atoms with E-state index in [1.54, 1.807) is 22.6 Å². The van der Waals surface area contributed by atoms with E-state index in [1.807, 2.05) is 25.6 Å². The molecule has 23 heavy (non-hydrogen) atoms. The van der Waals surface area contributed by atoms with Crippen LogP contribution in [0.1, 0.15) is 31.2 Å². The van der Waals surface area contributed by atoms with Crippen LogP contribution in [-0.4, -0.2) is 31.7 Å². The van der Waals surface area contributed by atoms with E-state index in [0.717, 1.165) is 16.7 Å². The van der Waals surface area contributed by atoms with Crippen molar-refractivity contribution in [2.45, 2.75) is 37.5 Å². The Balaban J connectivity index is 1.50. The molecule has 6 heteroatoms. The van der Waals surface area contributed by atoms with Crippen molar-refractivity contribution < 1.29 is 4.79 Å². The van der Waals surface area contributed by atoms with E-state index in [0.29, 0.717) is 17.5 Å². The third kappa shape index (κ3) is 4.58. The number of amides is 1. The number of carbonyl (C=O) groups excluding carboxylic acids is 1. The first-order chi connectivity index (χ1) is 11.2. The number of aromatic nitrogens is 3. The maximum atomic E-state index is 12.0. The van der Waals surface area contributed by atoms with Crippen LogP contribution in [0.3, 0.4) is 0 Å². The highest BCUT2D eigenvalue weighted by atomic mass is 32.2. The van der Waals surface area contributed by atoms with Crippen LogP contribution >= 0.6 is 11.8 Å². The largest absolute Gasteiger partial charge is 0.351 e. The average molecular weight is 330 g/mol. The molecule has 0 radical (unpaired) electrons. The van der Waals surface area contributed by atoms with Crippen LogP contribution in [-0.2, 0) is 18.4 Å². The van der Waals surface area contributed by atoms with E-state index in [4.69, 9.17) is 0 Å². The minimum Gasteiger partial charge on any atom is -0.351 e. The minimum atomic E-state index is 0.105. The lowest BCUT2D eigenvalue weighted by molar-refractivity contribution is -0.118. The summed E-state index contributed by atoms with van der Waals surface area (Å²) >= 11 is 1.79. The van der Waals surface area contributed by atoms with Gasteiger partial charge in [-0.3, -0.25) is 14.5 Å². The van der Waals surface area contributed by atoms with E-state index in [2.05, 4.69) is 21.5 Å². The van der Waals surface area contributed by atoms with Crippen LogP contribution in [0.2, 0.25) is 0 Å². The second kappa shape index (κ2) is 7.64. The molecule has 0 unspecified atom stereocenters. The van der Waals surface area contributed by atoms with E-state index in [-0.39, 0.29) is 5.91 Å². The summed E-state index contributed by atoms with van der Waals surface area (Å²) in [5, 5.41) is 7.84. The molecule has 2 heterocycles. The van der Waals surface area contributed by atoms with Gasteiger partial charge in [-0.25, -0.2) is 0 Å². The average Bonchev–Trinajstić information content (AvgIpc) is 3.23. The Labute approximate surface area is 140 Å². The van der Waals surface area contributed by atoms with Gasteiger partial charge >= 0.3 is 0 Å². The number of carbonyl (C=O) groups is 1. The molecule has 0 atom stereocenters. The van der Waals surface area contributed by atoms with E-state index in [1.165, 1.54) is 25.7 Å². The molecular weight excluding hydrogens is 308 g/mol. The predicted octanol–water partition coefficient (Wildman–Crippen LogP) is 2.77. The highest BCUT2D eigenvalue weighted by Gasteiger charge is 2.16. The maximum absolute atomic E-state index is 12.0. The van der Waals surface area contributed by atoms with Gasteiger partial charge in [0, 0.05) is 48.6 Å². The summed E-state index contributed by atoms with van der Waals surface area (Å²) in [6, 6.07) is 2.05. The van der Waals surface area contributed by atoms with Crippen LogP contribution in [0, 0.1) is 0 Å². The number of hydrogen-bond donors (Lipinski definition) is 1. The van der Waals surface area contributed by atoms with Crippen LogP contribution in [0.5, 0.6) is 0 Å². The Morgan fingerprint density at radius 3 is 2.87 bits per heavy atom. The SMILES string of the molecule is Cn1cc(-c2cncc(CNC(=O)CSC3CCCC3)c2)cn1. The van der Waals surface area contributed by atoms with Gasteiger partial charge in [0.2, 0.25) is 5.91 Å². The molecule has 122 valence electrons. The first kappa shape index (κ1) is 16.1. The van der Waals surface area contributed by atoms with Crippen molar-refractivity contribution in [1.82, 2.24) is 20.1 Å². The molecule has 0 saturated heterocycles. The molecule has 0 bridgehead atoms. The molecule has 1 amide bonds. The summed E-state index contributed by atoms with van der Waals surface area (Å²) in [7, 11) is 1.89. The minimum absolute atomic E-state index is 0.105. The van der Waals surface area contributed by atoms with Crippen molar-refractivity contribution in [3.63, 3.8) is 0 Å². The number of hydrogen-bond acceptors (Lipinski definition) is 4. The molecule has 1 aliphatic carbocycles. The Kier molecular flexibility index (Phi) is 5.33. The zero-order valence-corrected chi connectivity index (χ0v) is 14.2. The maximum Gasteiger partial charge on any atom is 0.230 e. The molecule has 2 aromatic heterocycles. The van der Waals surface area contributed by atoms with Crippen LogP contribution in [0.25, 0.3) is 11.1 Å². The van der Waals surface area contributed by atoms with Crippen LogP contribution in [0.15, 0.2) is 30.9 Å². The molecule has 5 nitrogen and oxygen atoms in total. The molecule has 0 spiro atoms. The van der Waals surface area contributed by atoms with Crippen molar-refractivity contribution in [2.75, 3.05) is 5.75 Å². The van der Waals surface area contributed by atoms with Crippen LogP contribution < -0.4 is 5.32 Å². The van der Waals surface area contributed by atoms with Gasteiger partial charge in [-0.1, -0.05) is 12.8 Å². The molecular formula is C17H22N4OS. The summed E-state index contributed by atoms with van der Waals surface area (Å²) < 4.78 is 1.77. The fraction of sp³-hybridized carbons (Fsp3) is 0.471. The molecule has 0 aromatic carbocycles. The number of nitrogens with zero attached hydrogens (tertiary/aromatic N) is 3. The van der Waals surface area contributed by atoms with Gasteiger partial charge < -0.3 is 5.32 Å². The highest BCUT2D eigenvalue weighted by molar-refractivity contribution is 8.00. The summed E-state index contributed by atoms with van der Waals surface area (Å²) in [6.07, 6.45) is 12.5. The lowest BCUT2D eigenvalue weighted by atomic mass is 10.1. The van der Waals surface area contributed by atoms with Crippen molar-refractivity contribution in [1.29, 1.82) is 0 Å². The van der Waals surface area contributed by atoms with Gasteiger partial charge in [-0.2, -0.15) is 5.10 Å². The zero-order valence-electron chi connectivity index (χ0n) is 13.4. The van der Waals surface area contributed by atoms with Gasteiger partial charge in [0.05, 0.1) is 11.9 Å². The fourth-order valence-electron chi connectivity index (χ4n) is 2.81. The highest BCUT2D eigenvalue weighted by Crippen LogP contribution is 2.29. The molecule has 1 saturated carbocycles. The predicted molar refractivity (Wildman–Crippen MR) is 93.0 cm³/mol. The van der Waals surface area contributed by atoms with E-state index < -0.39 is 0 Å². The lowest BCUT2D eigenvalue weighted by Gasteiger charge is -2.09. The number of aryl methyl sites for hydroxylation is 1. The molecule has 0 aliphatic heterocycles. The third-order valence-electron chi connectivity index (χ3n) is 4.08. The second-order valence-corrected chi connectivity index (χ2v) is 7.27. The number of rotatable bonds is 6. The van der Waals surface area contributed by atoms with Gasteiger partial charge in [-0.05, 0) is 24.5 Å². The smallest absolute Gasteiger partial charge is 0.230 e. The molecule has 1 aliphatic rings.